The maximum absolute atomic E-state index is 14.4. The Hall–Kier alpha value is -4.33. The number of fused-ring (bicyclic) bond motifs is 1. The molecule has 0 fully saturated rings. The molecule has 4 aromatic rings. The molecule has 1 heterocycles. The molecule has 1 spiro atoms. The fourth-order valence-electron chi connectivity index (χ4n) is 5.34. The van der Waals surface area contributed by atoms with Gasteiger partial charge in [-0.3, -0.25) is 24.7 Å². The molecule has 0 bridgehead atoms. The highest BCUT2D eigenvalue weighted by Crippen LogP contribution is 2.56. The number of hydrogen-bond acceptors (Lipinski definition) is 6. The van der Waals surface area contributed by atoms with Crippen LogP contribution >= 0.6 is 23.2 Å². The van der Waals surface area contributed by atoms with Crippen molar-refractivity contribution in [3.8, 4) is 0 Å². The number of Topliss-reactive ketones (excluding diaryl/α,β-unsaturated/α-hetero) is 2. The predicted octanol–water partition coefficient (Wildman–Crippen LogP) is 6.93. The van der Waals surface area contributed by atoms with Crippen LogP contribution in [0.2, 0.25) is 10.0 Å². The van der Waals surface area contributed by atoms with E-state index in [9.17, 15) is 19.7 Å². The Labute approximate surface area is 227 Å². The SMILES string of the molecule is O=C1c2ccccc2C(=O)C12C(c1ccc(Cl)cc1Cl)=NN(c1ccc([N+](=O)[O-])cc1)[C@@H]2c1ccccc1. The summed E-state index contributed by atoms with van der Waals surface area (Å²) < 4.78 is 0. The number of hydrogen-bond donors (Lipinski definition) is 0. The first-order valence-electron chi connectivity index (χ1n) is 11.7. The lowest BCUT2D eigenvalue weighted by Gasteiger charge is -2.34. The average Bonchev–Trinajstić information content (AvgIpc) is 3.39. The molecule has 0 amide bonds. The number of carbonyl (C=O) groups is 2. The maximum Gasteiger partial charge on any atom is 0.269 e. The summed E-state index contributed by atoms with van der Waals surface area (Å²) in [5.74, 6) is -0.776. The fourth-order valence-corrected chi connectivity index (χ4v) is 5.83. The normalized spacial score (nSPS) is 17.6. The Bertz CT molecular complexity index is 1630. The summed E-state index contributed by atoms with van der Waals surface area (Å²) in [4.78, 5) is 39.6. The largest absolute Gasteiger partial charge is 0.292 e. The molecule has 1 aliphatic carbocycles. The molecular formula is C29H17Cl2N3O4. The van der Waals surface area contributed by atoms with Crippen LogP contribution in [-0.2, 0) is 0 Å². The lowest BCUT2D eigenvalue weighted by molar-refractivity contribution is -0.384. The lowest BCUT2D eigenvalue weighted by Crippen LogP contribution is -2.47. The van der Waals surface area contributed by atoms with Gasteiger partial charge >= 0.3 is 0 Å². The smallest absolute Gasteiger partial charge is 0.269 e. The van der Waals surface area contributed by atoms with E-state index < -0.39 is 16.4 Å². The van der Waals surface area contributed by atoms with Crippen LogP contribution in [0.25, 0.3) is 0 Å². The van der Waals surface area contributed by atoms with Gasteiger partial charge in [0.2, 0.25) is 0 Å². The number of anilines is 1. The van der Waals surface area contributed by atoms with Crippen molar-refractivity contribution >= 4 is 51.9 Å². The number of carbonyl (C=O) groups excluding carboxylic acids is 2. The van der Waals surface area contributed by atoms with Crippen LogP contribution in [0.15, 0.2) is 102 Å². The fraction of sp³-hybridized carbons (Fsp3) is 0.0690. The van der Waals surface area contributed by atoms with Gasteiger partial charge in [0, 0.05) is 33.8 Å². The minimum absolute atomic E-state index is 0.0932. The zero-order valence-electron chi connectivity index (χ0n) is 19.5. The number of benzene rings is 4. The number of nitrogens with zero attached hydrogens (tertiary/aromatic N) is 3. The van der Waals surface area contributed by atoms with Gasteiger partial charge < -0.3 is 0 Å². The average molecular weight is 542 g/mol. The second-order valence-electron chi connectivity index (χ2n) is 9.02. The Morgan fingerprint density at radius 2 is 1.39 bits per heavy atom. The van der Waals surface area contributed by atoms with Crippen LogP contribution < -0.4 is 5.01 Å². The molecule has 0 saturated carbocycles. The second kappa shape index (κ2) is 8.90. The Morgan fingerprint density at radius 1 is 0.789 bits per heavy atom. The predicted molar refractivity (Wildman–Crippen MR) is 145 cm³/mol. The third kappa shape index (κ3) is 3.40. The van der Waals surface area contributed by atoms with Crippen molar-refractivity contribution in [2.75, 3.05) is 5.01 Å². The topological polar surface area (TPSA) is 92.9 Å². The number of hydrazone groups is 1. The Balaban J connectivity index is 1.67. The first-order chi connectivity index (χ1) is 18.3. The van der Waals surface area contributed by atoms with Gasteiger partial charge in [-0.15, -0.1) is 0 Å². The number of rotatable bonds is 4. The van der Waals surface area contributed by atoms with Crippen LogP contribution in [-0.4, -0.2) is 22.2 Å². The summed E-state index contributed by atoms with van der Waals surface area (Å²) in [7, 11) is 0. The van der Waals surface area contributed by atoms with Crippen LogP contribution in [0.5, 0.6) is 0 Å². The van der Waals surface area contributed by atoms with Gasteiger partial charge in [0.15, 0.2) is 17.0 Å². The molecule has 0 aromatic heterocycles. The maximum atomic E-state index is 14.4. The highest BCUT2D eigenvalue weighted by atomic mass is 35.5. The summed E-state index contributed by atoms with van der Waals surface area (Å²) in [5, 5.41) is 18.4. The molecule has 0 radical (unpaired) electrons. The molecule has 9 heteroatoms. The summed E-state index contributed by atoms with van der Waals surface area (Å²) in [6.45, 7) is 0. The summed E-state index contributed by atoms with van der Waals surface area (Å²) >= 11 is 12.8. The van der Waals surface area contributed by atoms with Crippen molar-refractivity contribution in [2.24, 2.45) is 10.5 Å². The lowest BCUT2D eigenvalue weighted by atomic mass is 9.68. The number of halogens is 2. The number of ketones is 2. The summed E-state index contributed by atoms with van der Waals surface area (Å²) in [5.41, 5.74) is 0.496. The van der Waals surface area contributed by atoms with Gasteiger partial charge in [0.05, 0.1) is 21.3 Å². The van der Waals surface area contributed by atoms with Gasteiger partial charge in [0.25, 0.3) is 5.69 Å². The Morgan fingerprint density at radius 3 is 1.97 bits per heavy atom. The molecular weight excluding hydrogens is 525 g/mol. The van der Waals surface area contributed by atoms with Crippen molar-refractivity contribution < 1.29 is 14.5 Å². The molecule has 0 saturated heterocycles. The quantitative estimate of drug-likeness (QED) is 0.158. The van der Waals surface area contributed by atoms with E-state index >= 15 is 0 Å². The van der Waals surface area contributed by atoms with Gasteiger partial charge in [-0.25, -0.2) is 0 Å². The van der Waals surface area contributed by atoms with Gasteiger partial charge in [-0.2, -0.15) is 5.10 Å². The number of nitro benzene ring substituents is 1. The van der Waals surface area contributed by atoms with E-state index in [0.29, 0.717) is 33.0 Å². The van der Waals surface area contributed by atoms with E-state index in [4.69, 9.17) is 28.3 Å². The van der Waals surface area contributed by atoms with Gasteiger partial charge in [0.1, 0.15) is 6.04 Å². The minimum atomic E-state index is -1.76. The highest BCUT2D eigenvalue weighted by molar-refractivity contribution is 6.46. The molecule has 1 atom stereocenters. The number of non-ortho nitro benzene ring substituents is 1. The monoisotopic (exact) mass is 541 g/mol. The molecule has 6 rings (SSSR count). The summed E-state index contributed by atoms with van der Waals surface area (Å²) in [6.07, 6.45) is 0. The van der Waals surface area contributed by atoms with Crippen LogP contribution in [0.1, 0.15) is 37.9 Å². The van der Waals surface area contributed by atoms with Crippen molar-refractivity contribution in [3.05, 3.63) is 139 Å². The molecule has 2 aliphatic rings. The van der Waals surface area contributed by atoms with Crippen molar-refractivity contribution in [1.29, 1.82) is 0 Å². The first-order valence-corrected chi connectivity index (χ1v) is 12.4. The van der Waals surface area contributed by atoms with Gasteiger partial charge in [-0.05, 0) is 29.8 Å². The third-order valence-corrected chi connectivity index (χ3v) is 7.54. The first kappa shape index (κ1) is 24.0. The molecule has 0 N–H and O–H groups in total. The van der Waals surface area contributed by atoms with Crippen molar-refractivity contribution in [1.82, 2.24) is 0 Å². The van der Waals surface area contributed by atoms with E-state index in [1.807, 2.05) is 30.3 Å². The zero-order valence-corrected chi connectivity index (χ0v) is 21.1. The molecule has 1 aliphatic heterocycles. The zero-order chi connectivity index (χ0) is 26.6. The molecule has 0 unspecified atom stereocenters. The second-order valence-corrected chi connectivity index (χ2v) is 9.86. The van der Waals surface area contributed by atoms with E-state index in [1.54, 1.807) is 53.5 Å². The van der Waals surface area contributed by atoms with Crippen molar-refractivity contribution in [3.63, 3.8) is 0 Å². The van der Waals surface area contributed by atoms with E-state index in [1.165, 1.54) is 18.2 Å². The van der Waals surface area contributed by atoms with E-state index in [-0.39, 0.29) is 28.0 Å². The Kier molecular flexibility index (Phi) is 5.63. The molecule has 4 aromatic carbocycles. The standard InChI is InChI=1S/C29H17Cl2N3O4/c30-18-10-15-23(24(31)16-18)25-29(27(35)21-8-4-5-9-22(21)28(29)36)26(17-6-2-1-3-7-17)33(32-25)19-11-13-20(14-12-19)34(37)38/h1-16,26H/t26-/m1/s1. The summed E-state index contributed by atoms with van der Waals surface area (Å²) in [6, 6.07) is 25.6. The highest BCUT2D eigenvalue weighted by Gasteiger charge is 2.66. The molecule has 186 valence electrons. The minimum Gasteiger partial charge on any atom is -0.292 e. The van der Waals surface area contributed by atoms with Gasteiger partial charge in [-0.1, -0.05) is 83.9 Å². The van der Waals surface area contributed by atoms with Crippen LogP contribution in [0, 0.1) is 15.5 Å². The molecule has 7 nitrogen and oxygen atoms in total. The van der Waals surface area contributed by atoms with E-state index in [0.717, 1.165) is 0 Å². The third-order valence-electron chi connectivity index (χ3n) is 7.00. The number of nitro groups is 1. The molecule has 38 heavy (non-hydrogen) atoms. The van der Waals surface area contributed by atoms with Crippen LogP contribution in [0.4, 0.5) is 11.4 Å². The van der Waals surface area contributed by atoms with E-state index in [2.05, 4.69) is 0 Å². The van der Waals surface area contributed by atoms with Crippen LogP contribution in [0.3, 0.4) is 0 Å². The van der Waals surface area contributed by atoms with Crippen molar-refractivity contribution in [2.45, 2.75) is 6.04 Å².